The van der Waals surface area contributed by atoms with Crippen LogP contribution in [0.3, 0.4) is 0 Å². The van der Waals surface area contributed by atoms with Gasteiger partial charge in [-0.3, -0.25) is 28.8 Å². The van der Waals surface area contributed by atoms with Crippen molar-refractivity contribution in [2.24, 2.45) is 21.1 Å². The lowest BCUT2D eigenvalue weighted by Crippen LogP contribution is -2.30. The van der Waals surface area contributed by atoms with Gasteiger partial charge < -0.3 is 68.9 Å². The molecule has 76 heavy (non-hydrogen) atoms. The highest BCUT2D eigenvalue weighted by molar-refractivity contribution is 9.10. The van der Waals surface area contributed by atoms with Crippen molar-refractivity contribution in [3.63, 3.8) is 0 Å². The van der Waals surface area contributed by atoms with E-state index in [9.17, 15) is 38.8 Å². The summed E-state index contributed by atoms with van der Waals surface area (Å²) in [5.74, 6) is 2.22. The van der Waals surface area contributed by atoms with E-state index in [1.165, 1.54) is 13.7 Å². The van der Waals surface area contributed by atoms with Gasteiger partial charge in [-0.2, -0.15) is 0 Å². The van der Waals surface area contributed by atoms with Crippen LogP contribution in [-0.2, 0) is 48.6 Å². The molecule has 0 radical (unpaired) electrons. The maximum atomic E-state index is 12.5. The number of nitrogens with zero attached hydrogens (tertiary/aromatic N) is 5. The minimum absolute atomic E-state index is 0.147. The molecule has 0 bridgehead atoms. The molecule has 0 aliphatic rings. The molecule has 5 aromatic rings. The third kappa shape index (κ3) is 19.9. The number of nitrogens with two attached hydrogens (primary N) is 1. The molecule has 418 valence electrons. The van der Waals surface area contributed by atoms with Crippen LogP contribution in [0.25, 0.3) is 11.1 Å². The van der Waals surface area contributed by atoms with Gasteiger partial charge in [0.2, 0.25) is 17.1 Å². The molecule has 0 spiro atoms. The zero-order chi connectivity index (χ0) is 58.5. The number of amides is 2. The van der Waals surface area contributed by atoms with E-state index in [1.807, 2.05) is 57.0 Å². The molecule has 0 saturated heterocycles. The summed E-state index contributed by atoms with van der Waals surface area (Å²) in [4.78, 5) is 72.1. The number of aryl methyl sites for hydroxylation is 3. The van der Waals surface area contributed by atoms with Crippen LogP contribution in [0.5, 0.6) is 23.0 Å². The van der Waals surface area contributed by atoms with Gasteiger partial charge in [-0.15, -0.1) is 0 Å². The molecular weight excluding hydrogens is 1130 g/mol. The lowest BCUT2D eigenvalue weighted by Gasteiger charge is -2.20. The number of halogens is 3. The van der Waals surface area contributed by atoms with Crippen LogP contribution in [0.15, 0.2) is 66.2 Å². The van der Waals surface area contributed by atoms with Crippen LogP contribution in [0, 0.1) is 20.8 Å². The number of anilines is 3. The van der Waals surface area contributed by atoms with E-state index >= 15 is 0 Å². The second-order valence-corrected chi connectivity index (χ2v) is 19.5. The smallest absolute Gasteiger partial charge is 0.488 e. The minimum atomic E-state index is -1.54. The van der Waals surface area contributed by atoms with Crippen molar-refractivity contribution in [1.29, 1.82) is 0 Å². The lowest BCUT2D eigenvalue weighted by molar-refractivity contribution is -0.116. The number of pyridine rings is 3. The molecule has 0 unspecified atom stereocenters. The molecule has 0 saturated carbocycles. The molecular formula is C52H74BBr2ClN8O12. The monoisotopic (exact) mass is 1210 g/mol. The molecule has 0 aliphatic heterocycles. The highest BCUT2D eigenvalue weighted by Crippen LogP contribution is 2.37. The van der Waals surface area contributed by atoms with Crippen LogP contribution < -0.4 is 57.5 Å². The van der Waals surface area contributed by atoms with Crippen LogP contribution in [0.4, 0.5) is 17.1 Å². The summed E-state index contributed by atoms with van der Waals surface area (Å²) in [5, 5.41) is 23.4. The largest absolute Gasteiger partial charge is 0.496 e. The van der Waals surface area contributed by atoms with Crippen LogP contribution in [0.1, 0.15) is 67.9 Å². The highest BCUT2D eigenvalue weighted by Gasteiger charge is 2.21. The second-order valence-electron chi connectivity index (χ2n) is 17.4. The molecule has 24 heteroatoms. The average Bonchev–Trinajstić information content (AvgIpc) is 3.38. The fourth-order valence-corrected chi connectivity index (χ4v) is 7.71. The number of ether oxygens (including phenoxy) is 4. The molecule has 0 aliphatic carbocycles. The fraction of sp³-hybridized carbons (Fsp3) is 0.423. The maximum absolute atomic E-state index is 12.5. The zero-order valence-corrected chi connectivity index (χ0v) is 50.5. The molecule has 0 atom stereocenters. The van der Waals surface area contributed by atoms with Crippen molar-refractivity contribution in [3.05, 3.63) is 111 Å². The normalized spacial score (nSPS) is 10.3. The Labute approximate surface area is 467 Å². The SMILES string of the molecule is CCC(=O)Cl.CCC(=O)Nc1c(C)c(-c2cc(OC)c(CN(C)C)c(OC)c2)cn(C)c1=O.CCC(=O)Nc1c(C)c(Br)cn(C)c1=O.COc1cc(B(O)O)cc(OC)c1CN(C)C.Cc1c(Br)cn(C)c(=O)c1N. The maximum Gasteiger partial charge on any atom is 0.488 e. The van der Waals surface area contributed by atoms with Gasteiger partial charge in [-0.05, 0) is 144 Å². The summed E-state index contributed by atoms with van der Waals surface area (Å²) in [7, 11) is 17.6. The van der Waals surface area contributed by atoms with E-state index in [2.05, 4.69) is 42.5 Å². The third-order valence-corrected chi connectivity index (χ3v) is 12.9. The summed E-state index contributed by atoms with van der Waals surface area (Å²) in [5.41, 5.74) is 12.0. The Hall–Kier alpha value is -5.95. The van der Waals surface area contributed by atoms with Crippen molar-refractivity contribution in [2.75, 3.05) is 73.0 Å². The number of carbonyl (C=O) groups excluding carboxylic acids is 3. The van der Waals surface area contributed by atoms with Gasteiger partial charge in [0.15, 0.2) is 0 Å². The molecule has 3 aromatic heterocycles. The van der Waals surface area contributed by atoms with Crippen LogP contribution in [-0.4, -0.2) is 114 Å². The Balaban J connectivity index is 0.000000518. The number of nitrogen functional groups attached to an aromatic ring is 1. The van der Waals surface area contributed by atoms with Gasteiger partial charge in [-0.1, -0.05) is 20.8 Å². The van der Waals surface area contributed by atoms with E-state index < -0.39 is 7.12 Å². The number of aromatic nitrogens is 3. The van der Waals surface area contributed by atoms with Crippen molar-refractivity contribution in [1.82, 2.24) is 23.5 Å². The first kappa shape index (κ1) is 68.1. The predicted molar refractivity (Wildman–Crippen MR) is 311 cm³/mol. The Kier molecular flexibility index (Phi) is 29.2. The van der Waals surface area contributed by atoms with Crippen LogP contribution in [0.2, 0.25) is 0 Å². The molecule has 2 aromatic carbocycles. The first-order chi connectivity index (χ1) is 35.5. The summed E-state index contributed by atoms with van der Waals surface area (Å²) in [6.07, 6.45) is 6.23. The second kappa shape index (κ2) is 32.6. The van der Waals surface area contributed by atoms with E-state index in [0.29, 0.717) is 83.4 Å². The van der Waals surface area contributed by atoms with E-state index in [-0.39, 0.29) is 33.7 Å². The van der Waals surface area contributed by atoms with Gasteiger partial charge in [0, 0.05) is 86.6 Å². The van der Waals surface area contributed by atoms with Gasteiger partial charge in [0.05, 0.1) is 39.6 Å². The predicted octanol–water partition coefficient (Wildman–Crippen LogP) is 6.24. The quantitative estimate of drug-likeness (QED) is 0.0575. The van der Waals surface area contributed by atoms with Gasteiger partial charge in [0.25, 0.3) is 16.7 Å². The van der Waals surface area contributed by atoms with Gasteiger partial charge in [-0.25, -0.2) is 0 Å². The number of benzene rings is 2. The molecule has 6 N–H and O–H groups in total. The Morgan fingerprint density at radius 2 is 0.961 bits per heavy atom. The molecule has 3 heterocycles. The Bertz CT molecular complexity index is 2930. The molecule has 20 nitrogen and oxygen atoms in total. The number of nitrogens with one attached hydrogen (secondary N) is 2. The number of methoxy groups -OCH3 is 4. The lowest BCUT2D eigenvalue weighted by atomic mass is 9.79. The molecule has 5 rings (SSSR count). The van der Waals surface area contributed by atoms with Crippen molar-refractivity contribution in [3.8, 4) is 34.1 Å². The van der Waals surface area contributed by atoms with E-state index in [0.717, 1.165) is 42.3 Å². The van der Waals surface area contributed by atoms with Crippen molar-refractivity contribution < 1.29 is 43.4 Å². The average molecular weight is 1210 g/mol. The first-order valence-electron chi connectivity index (χ1n) is 23.6. The van der Waals surface area contributed by atoms with E-state index in [4.69, 9.17) is 36.3 Å². The van der Waals surface area contributed by atoms with Crippen molar-refractivity contribution in [2.45, 2.75) is 73.9 Å². The summed E-state index contributed by atoms with van der Waals surface area (Å²) < 4.78 is 27.7. The minimum Gasteiger partial charge on any atom is -0.496 e. The number of hydrogen-bond acceptors (Lipinski definition) is 15. The Morgan fingerprint density at radius 3 is 1.30 bits per heavy atom. The zero-order valence-electron chi connectivity index (χ0n) is 46.6. The fourth-order valence-electron chi connectivity index (χ4n) is 6.68. The summed E-state index contributed by atoms with van der Waals surface area (Å²) in [6.45, 7) is 11.9. The first-order valence-corrected chi connectivity index (χ1v) is 25.6. The standard InChI is InChI=1S/C21H29N3O4.C11H18BNO4.C10H13BrN2O2.C7H9BrN2O.C3H5ClO/c1-8-19(25)22-20-13(2)15(12-24(5)21(20)26)14-9-17(27-6)16(11-23(3)4)18(10-14)28-7;1-13(2)7-9-10(16-3)5-8(12(14)15)6-11(9)17-4;1-4-8(14)12-9-6(2)7(11)5-13(3)10(9)15;1-4-5(8)3-10(2)7(11)6(4)9;1-2-3(4)5/h9-10,12H,8,11H2,1-7H3,(H,22,25);5-6,14-15H,7H2,1-4H3;5H,4H2,1-3H3,(H,12,14);3H,9H2,1-2H3;2H2,1H3. The summed E-state index contributed by atoms with van der Waals surface area (Å²) >= 11 is 11.4. The van der Waals surface area contributed by atoms with Crippen molar-refractivity contribution >= 4 is 90.2 Å². The summed E-state index contributed by atoms with van der Waals surface area (Å²) in [6, 6.07) is 7.07. The van der Waals surface area contributed by atoms with Crippen LogP contribution >= 0.6 is 43.5 Å². The van der Waals surface area contributed by atoms with Gasteiger partial charge >= 0.3 is 7.12 Å². The molecule has 2 amide bonds. The number of hydrogen-bond donors (Lipinski definition) is 5. The topological polar surface area (TPSA) is 251 Å². The number of carbonyl (C=O) groups is 3. The van der Waals surface area contributed by atoms with Gasteiger partial charge in [0.1, 0.15) is 40.1 Å². The highest BCUT2D eigenvalue weighted by atomic mass is 79.9. The van der Waals surface area contributed by atoms with E-state index in [1.54, 1.807) is 115 Å². The Morgan fingerprint density at radius 1 is 0.618 bits per heavy atom. The molecule has 0 fully saturated rings. The third-order valence-electron chi connectivity index (χ3n) is 11.1. The number of rotatable bonds is 15.